The second-order valence-electron chi connectivity index (χ2n) is 5.32. The van der Waals surface area contributed by atoms with E-state index in [-0.39, 0.29) is 5.69 Å². The lowest BCUT2D eigenvalue weighted by molar-refractivity contribution is -0.137. The third-order valence-corrected chi connectivity index (χ3v) is 3.98. The largest absolute Gasteiger partial charge is 0.417 e. The Balaban J connectivity index is 1.97. The van der Waals surface area contributed by atoms with E-state index in [2.05, 4.69) is 10.3 Å². The number of benzene rings is 2. The van der Waals surface area contributed by atoms with Crippen LogP contribution in [0, 0.1) is 6.92 Å². The summed E-state index contributed by atoms with van der Waals surface area (Å²) >= 11 is 5.58. The lowest BCUT2D eigenvalue weighted by Crippen LogP contribution is -2.14. The highest BCUT2D eigenvalue weighted by molar-refractivity contribution is 6.31. The average Bonchev–Trinajstić information content (AvgIpc) is 2.83. The van der Waals surface area contributed by atoms with Crippen molar-refractivity contribution in [2.24, 2.45) is 0 Å². The van der Waals surface area contributed by atoms with Gasteiger partial charge in [-0.25, -0.2) is 0 Å². The molecule has 3 aromatic rings. The fraction of sp³-hybridized carbons (Fsp3) is 0.118. The molecule has 3 nitrogen and oxygen atoms in total. The van der Waals surface area contributed by atoms with Gasteiger partial charge >= 0.3 is 6.18 Å². The van der Waals surface area contributed by atoms with Crippen molar-refractivity contribution in [1.82, 2.24) is 4.98 Å². The highest BCUT2D eigenvalue weighted by Gasteiger charge is 2.33. The molecule has 0 unspecified atom stereocenters. The zero-order valence-electron chi connectivity index (χ0n) is 12.5. The number of halogens is 4. The second kappa shape index (κ2) is 5.87. The molecule has 24 heavy (non-hydrogen) atoms. The van der Waals surface area contributed by atoms with Gasteiger partial charge in [0, 0.05) is 22.3 Å². The van der Waals surface area contributed by atoms with Gasteiger partial charge in [-0.2, -0.15) is 13.2 Å². The van der Waals surface area contributed by atoms with Crippen LogP contribution in [0.2, 0.25) is 5.02 Å². The van der Waals surface area contributed by atoms with Gasteiger partial charge in [0.1, 0.15) is 0 Å². The Morgan fingerprint density at radius 2 is 1.88 bits per heavy atom. The molecule has 1 heterocycles. The third kappa shape index (κ3) is 2.97. The smallest absolute Gasteiger partial charge is 0.358 e. The second-order valence-corrected chi connectivity index (χ2v) is 5.72. The number of aromatic amines is 1. The van der Waals surface area contributed by atoms with Crippen LogP contribution in [-0.2, 0) is 6.18 Å². The number of H-pyrrole nitrogens is 1. The first-order valence-electron chi connectivity index (χ1n) is 7.03. The molecule has 1 amide bonds. The van der Waals surface area contributed by atoms with Gasteiger partial charge in [0.2, 0.25) is 0 Å². The number of aromatic nitrogens is 1. The van der Waals surface area contributed by atoms with Gasteiger partial charge in [-0.05, 0) is 31.2 Å². The molecular formula is C17H12ClF3N2O. The van der Waals surface area contributed by atoms with Gasteiger partial charge in [-0.15, -0.1) is 0 Å². The van der Waals surface area contributed by atoms with Crippen molar-refractivity contribution in [3.63, 3.8) is 0 Å². The maximum atomic E-state index is 12.9. The predicted octanol–water partition coefficient (Wildman–Crippen LogP) is 5.40. The van der Waals surface area contributed by atoms with Gasteiger partial charge in [0.15, 0.2) is 0 Å². The van der Waals surface area contributed by atoms with Crippen molar-refractivity contribution in [2.75, 3.05) is 5.32 Å². The quantitative estimate of drug-likeness (QED) is 0.637. The molecule has 0 saturated heterocycles. The Labute approximate surface area is 140 Å². The molecule has 0 saturated carbocycles. The first kappa shape index (κ1) is 16.4. The van der Waals surface area contributed by atoms with Crippen molar-refractivity contribution < 1.29 is 18.0 Å². The van der Waals surface area contributed by atoms with Crippen LogP contribution in [0.25, 0.3) is 10.9 Å². The van der Waals surface area contributed by atoms with Gasteiger partial charge < -0.3 is 10.3 Å². The molecule has 1 aromatic heterocycles. The number of carbonyl (C=O) groups is 1. The Kier molecular flexibility index (Phi) is 4.01. The third-order valence-electron chi connectivity index (χ3n) is 3.65. The highest BCUT2D eigenvalue weighted by Crippen LogP contribution is 2.36. The molecule has 0 fully saturated rings. The highest BCUT2D eigenvalue weighted by atomic mass is 35.5. The Bertz CT molecular complexity index is 931. The first-order chi connectivity index (χ1) is 11.3. The van der Waals surface area contributed by atoms with E-state index in [0.29, 0.717) is 16.6 Å². The lowest BCUT2D eigenvalue weighted by atomic mass is 10.1. The minimum Gasteiger partial charge on any atom is -0.358 e. The summed E-state index contributed by atoms with van der Waals surface area (Å²) < 4.78 is 38.7. The van der Waals surface area contributed by atoms with E-state index < -0.39 is 22.7 Å². The van der Waals surface area contributed by atoms with E-state index in [1.807, 2.05) is 12.1 Å². The van der Waals surface area contributed by atoms with Gasteiger partial charge in [0.05, 0.1) is 16.1 Å². The predicted molar refractivity (Wildman–Crippen MR) is 87.4 cm³/mol. The fourth-order valence-electron chi connectivity index (χ4n) is 2.58. The number of amides is 1. The molecule has 0 spiro atoms. The van der Waals surface area contributed by atoms with Crippen LogP contribution in [0.15, 0.2) is 42.5 Å². The molecule has 124 valence electrons. The number of rotatable bonds is 2. The van der Waals surface area contributed by atoms with Crippen molar-refractivity contribution >= 4 is 34.1 Å². The van der Waals surface area contributed by atoms with Crippen molar-refractivity contribution in [1.29, 1.82) is 0 Å². The average molecular weight is 353 g/mol. The molecule has 0 aliphatic heterocycles. The first-order valence-corrected chi connectivity index (χ1v) is 7.40. The SMILES string of the molecule is Cc1[nH]c2ccccc2c1C(=O)Nc1ccc(Cl)c(C(F)(F)F)c1. The van der Waals surface area contributed by atoms with E-state index >= 15 is 0 Å². The molecule has 3 rings (SSSR count). The number of anilines is 1. The van der Waals surface area contributed by atoms with Crippen LogP contribution in [0.5, 0.6) is 0 Å². The normalized spacial score (nSPS) is 11.7. The van der Waals surface area contributed by atoms with Gasteiger partial charge in [0.25, 0.3) is 5.91 Å². The van der Waals surface area contributed by atoms with Gasteiger partial charge in [-0.1, -0.05) is 29.8 Å². The van der Waals surface area contributed by atoms with E-state index in [0.717, 1.165) is 17.6 Å². The number of aryl methyl sites for hydroxylation is 1. The summed E-state index contributed by atoms with van der Waals surface area (Å²) in [5, 5.41) is 2.79. The summed E-state index contributed by atoms with van der Waals surface area (Å²) in [4.78, 5) is 15.6. The van der Waals surface area contributed by atoms with Crippen LogP contribution in [0.1, 0.15) is 21.6 Å². The van der Waals surface area contributed by atoms with Gasteiger partial charge in [-0.3, -0.25) is 4.79 Å². The van der Waals surface area contributed by atoms with Crippen LogP contribution >= 0.6 is 11.6 Å². The number of alkyl halides is 3. The summed E-state index contributed by atoms with van der Waals surface area (Å²) in [6, 6.07) is 10.5. The van der Waals surface area contributed by atoms with Crippen LogP contribution < -0.4 is 5.32 Å². The number of hydrogen-bond acceptors (Lipinski definition) is 1. The molecule has 2 aromatic carbocycles. The maximum Gasteiger partial charge on any atom is 0.417 e. The molecule has 0 aliphatic carbocycles. The zero-order chi connectivity index (χ0) is 17.5. The standard InChI is InChI=1S/C17H12ClF3N2O/c1-9-15(11-4-2-3-5-14(11)22-9)16(24)23-10-6-7-13(18)12(8-10)17(19,20)21/h2-8,22H,1H3,(H,23,24). The molecule has 0 radical (unpaired) electrons. The number of hydrogen-bond donors (Lipinski definition) is 2. The summed E-state index contributed by atoms with van der Waals surface area (Å²) in [6.45, 7) is 1.73. The Hall–Kier alpha value is -2.47. The van der Waals surface area contributed by atoms with E-state index in [4.69, 9.17) is 11.6 Å². The summed E-state index contributed by atoms with van der Waals surface area (Å²) in [5.41, 5.74) is 0.860. The minimum absolute atomic E-state index is 0.0291. The number of carbonyl (C=O) groups excluding carboxylic acids is 1. The molecule has 0 bridgehead atoms. The summed E-state index contributed by atoms with van der Waals surface area (Å²) in [7, 11) is 0. The molecule has 2 N–H and O–H groups in total. The Morgan fingerprint density at radius 3 is 2.58 bits per heavy atom. The minimum atomic E-state index is -4.59. The Morgan fingerprint density at radius 1 is 1.17 bits per heavy atom. The molecular weight excluding hydrogens is 341 g/mol. The van der Waals surface area contributed by atoms with E-state index in [1.165, 1.54) is 6.07 Å². The zero-order valence-corrected chi connectivity index (χ0v) is 13.2. The lowest BCUT2D eigenvalue weighted by Gasteiger charge is -2.12. The number of fused-ring (bicyclic) bond motifs is 1. The topological polar surface area (TPSA) is 44.9 Å². The van der Waals surface area contributed by atoms with Crippen molar-refractivity contribution in [3.8, 4) is 0 Å². The number of para-hydroxylation sites is 1. The monoisotopic (exact) mass is 352 g/mol. The summed E-state index contributed by atoms with van der Waals surface area (Å²) in [5.74, 6) is -0.486. The van der Waals surface area contributed by atoms with Crippen molar-refractivity contribution in [3.05, 3.63) is 64.3 Å². The fourth-order valence-corrected chi connectivity index (χ4v) is 2.81. The van der Waals surface area contributed by atoms with Crippen LogP contribution in [0.3, 0.4) is 0 Å². The number of nitrogens with one attached hydrogen (secondary N) is 2. The van der Waals surface area contributed by atoms with Crippen LogP contribution in [0.4, 0.5) is 18.9 Å². The summed E-state index contributed by atoms with van der Waals surface area (Å²) in [6.07, 6.45) is -4.59. The van der Waals surface area contributed by atoms with Crippen molar-refractivity contribution in [2.45, 2.75) is 13.1 Å². The van der Waals surface area contributed by atoms with E-state index in [9.17, 15) is 18.0 Å². The molecule has 0 aliphatic rings. The molecule has 7 heteroatoms. The molecule has 0 atom stereocenters. The van der Waals surface area contributed by atoms with E-state index in [1.54, 1.807) is 19.1 Å². The van der Waals surface area contributed by atoms with Crippen LogP contribution in [-0.4, -0.2) is 10.9 Å². The maximum absolute atomic E-state index is 12.9.